The topological polar surface area (TPSA) is 3.24 Å². The molecule has 1 nitrogen and oxygen atoms in total. The van der Waals surface area contributed by atoms with Gasteiger partial charge in [0.05, 0.1) is 0 Å². The van der Waals surface area contributed by atoms with Crippen LogP contribution in [0.5, 0.6) is 0 Å². The monoisotopic (exact) mass is 269 g/mol. The Hall–Kier alpha value is 0.01000. The van der Waals surface area contributed by atoms with Gasteiger partial charge in [0, 0.05) is 17.5 Å². The lowest BCUT2D eigenvalue weighted by atomic mass is 10.0. The van der Waals surface area contributed by atoms with Gasteiger partial charge in [0.1, 0.15) is 0 Å². The van der Waals surface area contributed by atoms with Crippen LogP contribution in [0.3, 0.4) is 0 Å². The number of thiophene rings is 1. The Bertz CT molecular complexity index is 335. The lowest BCUT2D eigenvalue weighted by Gasteiger charge is -2.33. The molecule has 0 fully saturated rings. The van der Waals surface area contributed by atoms with Crippen LogP contribution in [0.25, 0.3) is 0 Å². The molecule has 0 aromatic carbocycles. The van der Waals surface area contributed by atoms with E-state index in [1.54, 1.807) is 10.4 Å². The molecule has 0 amide bonds. The summed E-state index contributed by atoms with van der Waals surface area (Å²) in [7, 11) is 0. The second-order valence-corrected chi connectivity index (χ2v) is 6.35. The van der Waals surface area contributed by atoms with E-state index in [1.165, 1.54) is 45.2 Å². The zero-order chi connectivity index (χ0) is 12.1. The summed E-state index contributed by atoms with van der Waals surface area (Å²) < 4.78 is 0. The zero-order valence-corrected chi connectivity index (χ0v) is 12.4. The van der Waals surface area contributed by atoms with Gasteiger partial charge < -0.3 is 0 Å². The molecule has 96 valence electrons. The summed E-state index contributed by atoms with van der Waals surface area (Å²) in [5.41, 5.74) is 1.58. The van der Waals surface area contributed by atoms with Crippen LogP contribution in [-0.2, 0) is 6.42 Å². The van der Waals surface area contributed by atoms with Crippen LogP contribution < -0.4 is 0 Å². The van der Waals surface area contributed by atoms with Crippen molar-refractivity contribution in [3.63, 3.8) is 0 Å². The van der Waals surface area contributed by atoms with Crippen molar-refractivity contribution in [1.29, 1.82) is 0 Å². The number of unbranched alkanes of at least 4 members (excludes halogenated alkanes) is 3. The van der Waals surface area contributed by atoms with E-state index in [9.17, 15) is 0 Å². The molecule has 2 heterocycles. The molecule has 0 spiro atoms. The molecular weight excluding hydrogens is 246 g/mol. The fourth-order valence-corrected chi connectivity index (χ4v) is 3.83. The SMILES string of the molecule is CC1c2ccsc2CCN1CCCCCCS. The van der Waals surface area contributed by atoms with Crippen LogP contribution >= 0.6 is 24.0 Å². The quantitative estimate of drug-likeness (QED) is 0.599. The minimum Gasteiger partial charge on any atom is -0.296 e. The van der Waals surface area contributed by atoms with Gasteiger partial charge in [-0.15, -0.1) is 11.3 Å². The van der Waals surface area contributed by atoms with Crippen molar-refractivity contribution in [3.8, 4) is 0 Å². The highest BCUT2D eigenvalue weighted by molar-refractivity contribution is 7.80. The molecular formula is C14H23NS2. The summed E-state index contributed by atoms with van der Waals surface area (Å²) in [5, 5.41) is 2.25. The van der Waals surface area contributed by atoms with Crippen LogP contribution in [0, 0.1) is 0 Å². The van der Waals surface area contributed by atoms with Gasteiger partial charge in [0.15, 0.2) is 0 Å². The van der Waals surface area contributed by atoms with Crippen LogP contribution in [0.4, 0.5) is 0 Å². The molecule has 1 aromatic rings. The normalized spacial score (nSPS) is 20.5. The summed E-state index contributed by atoms with van der Waals surface area (Å²) in [6, 6.07) is 2.95. The smallest absolute Gasteiger partial charge is 0.0331 e. The van der Waals surface area contributed by atoms with E-state index in [0.717, 1.165) is 5.75 Å². The lowest BCUT2D eigenvalue weighted by molar-refractivity contribution is 0.196. The van der Waals surface area contributed by atoms with E-state index in [2.05, 4.69) is 35.9 Å². The molecule has 1 aromatic heterocycles. The minimum atomic E-state index is 0.634. The third kappa shape index (κ3) is 3.49. The largest absolute Gasteiger partial charge is 0.296 e. The van der Waals surface area contributed by atoms with Gasteiger partial charge in [-0.1, -0.05) is 12.8 Å². The number of hydrogen-bond donors (Lipinski definition) is 1. The predicted octanol–water partition coefficient (Wildman–Crippen LogP) is 4.16. The van der Waals surface area contributed by atoms with Gasteiger partial charge in [-0.05, 0) is 55.5 Å². The molecule has 3 heteroatoms. The molecule has 0 saturated carbocycles. The van der Waals surface area contributed by atoms with Crippen molar-refractivity contribution in [3.05, 3.63) is 21.9 Å². The molecule has 1 unspecified atom stereocenters. The second-order valence-electron chi connectivity index (χ2n) is 4.90. The van der Waals surface area contributed by atoms with Crippen molar-refractivity contribution in [2.75, 3.05) is 18.8 Å². The Morgan fingerprint density at radius 1 is 1.35 bits per heavy atom. The van der Waals surface area contributed by atoms with E-state index in [1.807, 2.05) is 11.3 Å². The van der Waals surface area contributed by atoms with Crippen molar-refractivity contribution < 1.29 is 0 Å². The lowest BCUT2D eigenvalue weighted by Crippen LogP contribution is -2.33. The van der Waals surface area contributed by atoms with Crippen molar-refractivity contribution in [2.24, 2.45) is 0 Å². The first-order valence-corrected chi connectivity index (χ1v) is 8.25. The fraction of sp³-hybridized carbons (Fsp3) is 0.714. The Balaban J connectivity index is 1.76. The van der Waals surface area contributed by atoms with Crippen molar-refractivity contribution in [2.45, 2.75) is 45.1 Å². The van der Waals surface area contributed by atoms with Crippen molar-refractivity contribution >= 4 is 24.0 Å². The molecule has 0 saturated heterocycles. The summed E-state index contributed by atoms with van der Waals surface area (Å²) in [4.78, 5) is 4.26. The minimum absolute atomic E-state index is 0.634. The third-order valence-electron chi connectivity index (χ3n) is 3.76. The van der Waals surface area contributed by atoms with Gasteiger partial charge >= 0.3 is 0 Å². The number of fused-ring (bicyclic) bond motifs is 1. The van der Waals surface area contributed by atoms with E-state index in [-0.39, 0.29) is 0 Å². The van der Waals surface area contributed by atoms with Crippen LogP contribution in [-0.4, -0.2) is 23.7 Å². The molecule has 0 N–H and O–H groups in total. The summed E-state index contributed by atoms with van der Waals surface area (Å²) in [6.07, 6.45) is 6.58. The first kappa shape index (κ1) is 13.4. The first-order valence-electron chi connectivity index (χ1n) is 6.74. The molecule has 0 radical (unpaired) electrons. The molecule has 1 atom stereocenters. The first-order chi connectivity index (χ1) is 8.33. The molecule has 1 aliphatic heterocycles. The Morgan fingerprint density at radius 3 is 3.00 bits per heavy atom. The molecule has 17 heavy (non-hydrogen) atoms. The van der Waals surface area contributed by atoms with Gasteiger partial charge in [0.2, 0.25) is 0 Å². The van der Waals surface area contributed by atoms with E-state index < -0.39 is 0 Å². The molecule has 0 aliphatic carbocycles. The Kier molecular flexibility index (Phi) is 5.39. The van der Waals surface area contributed by atoms with Gasteiger partial charge in [-0.25, -0.2) is 0 Å². The maximum atomic E-state index is 4.25. The maximum absolute atomic E-state index is 4.25. The molecule has 1 aliphatic rings. The number of nitrogens with zero attached hydrogens (tertiary/aromatic N) is 1. The molecule has 2 rings (SSSR count). The van der Waals surface area contributed by atoms with E-state index in [4.69, 9.17) is 0 Å². The Morgan fingerprint density at radius 2 is 2.18 bits per heavy atom. The standard InChI is InChI=1S/C14H23NS2/c1-12-13-7-11-17-14(13)6-9-15(12)8-4-2-3-5-10-16/h7,11-12,16H,2-6,8-10H2,1H3. The fourth-order valence-electron chi connectivity index (χ4n) is 2.65. The van der Waals surface area contributed by atoms with Gasteiger partial charge in [-0.2, -0.15) is 12.6 Å². The van der Waals surface area contributed by atoms with E-state index >= 15 is 0 Å². The average molecular weight is 269 g/mol. The highest BCUT2D eigenvalue weighted by atomic mass is 32.1. The number of rotatable bonds is 6. The number of thiol groups is 1. The highest BCUT2D eigenvalue weighted by Crippen LogP contribution is 2.32. The van der Waals surface area contributed by atoms with Crippen LogP contribution in [0.2, 0.25) is 0 Å². The predicted molar refractivity (Wildman–Crippen MR) is 80.3 cm³/mol. The van der Waals surface area contributed by atoms with Crippen molar-refractivity contribution in [1.82, 2.24) is 4.90 Å². The molecule has 0 bridgehead atoms. The summed E-state index contributed by atoms with van der Waals surface area (Å²) in [6.45, 7) is 4.88. The zero-order valence-electron chi connectivity index (χ0n) is 10.7. The van der Waals surface area contributed by atoms with Crippen LogP contribution in [0.15, 0.2) is 11.4 Å². The summed E-state index contributed by atoms with van der Waals surface area (Å²) in [5.74, 6) is 1.04. The second kappa shape index (κ2) is 6.81. The summed E-state index contributed by atoms with van der Waals surface area (Å²) >= 11 is 6.18. The third-order valence-corrected chi connectivity index (χ3v) is 5.07. The van der Waals surface area contributed by atoms with Crippen LogP contribution in [0.1, 0.15) is 49.1 Å². The van der Waals surface area contributed by atoms with Gasteiger partial charge in [-0.3, -0.25) is 4.90 Å². The van der Waals surface area contributed by atoms with Gasteiger partial charge in [0.25, 0.3) is 0 Å². The maximum Gasteiger partial charge on any atom is 0.0331 e. The Labute approximate surface area is 115 Å². The van der Waals surface area contributed by atoms with E-state index in [0.29, 0.717) is 6.04 Å². The number of hydrogen-bond acceptors (Lipinski definition) is 3. The highest BCUT2D eigenvalue weighted by Gasteiger charge is 2.23. The average Bonchev–Trinajstić information content (AvgIpc) is 2.80.